The van der Waals surface area contributed by atoms with Gasteiger partial charge in [0.25, 0.3) is 5.91 Å². The average Bonchev–Trinajstić information content (AvgIpc) is 3.21. The number of nitrogens with one attached hydrogen (secondary N) is 1. The van der Waals surface area contributed by atoms with E-state index in [4.69, 9.17) is 4.42 Å². The predicted molar refractivity (Wildman–Crippen MR) is 123 cm³/mol. The normalized spacial score (nSPS) is 11.7. The third kappa shape index (κ3) is 5.23. The van der Waals surface area contributed by atoms with Crippen LogP contribution in [-0.4, -0.2) is 41.9 Å². The molecule has 170 valence electrons. The van der Waals surface area contributed by atoms with E-state index in [0.717, 1.165) is 29.5 Å². The number of benzene rings is 2. The van der Waals surface area contributed by atoms with Crippen LogP contribution in [-0.2, 0) is 10.0 Å². The van der Waals surface area contributed by atoms with Gasteiger partial charge in [0.05, 0.1) is 4.90 Å². The summed E-state index contributed by atoms with van der Waals surface area (Å²) in [5.41, 5.74) is 3.19. The molecule has 9 heteroatoms. The van der Waals surface area contributed by atoms with Gasteiger partial charge in [-0.15, -0.1) is 5.10 Å². The van der Waals surface area contributed by atoms with Crippen molar-refractivity contribution in [2.24, 2.45) is 0 Å². The SMILES string of the molecule is CCCN(CCC)S(=O)(=O)c1ccc(C(=O)Nc2nnc(-c3ccc(C)cc3C)o2)cc1. The molecule has 0 saturated carbocycles. The number of rotatable bonds is 9. The Bertz CT molecular complexity index is 1180. The van der Waals surface area contributed by atoms with Crippen molar-refractivity contribution in [3.05, 3.63) is 59.2 Å². The van der Waals surface area contributed by atoms with Gasteiger partial charge in [0.1, 0.15) is 0 Å². The van der Waals surface area contributed by atoms with Crippen LogP contribution in [0.15, 0.2) is 51.8 Å². The molecule has 0 aliphatic heterocycles. The van der Waals surface area contributed by atoms with E-state index in [0.29, 0.717) is 19.0 Å². The number of carbonyl (C=O) groups excluding carboxylic acids is 1. The number of sulfonamides is 1. The molecule has 0 spiro atoms. The lowest BCUT2D eigenvalue weighted by molar-refractivity contribution is 0.102. The predicted octanol–water partition coefficient (Wildman–Crippen LogP) is 4.42. The molecule has 2 aromatic carbocycles. The Balaban J connectivity index is 1.73. The lowest BCUT2D eigenvalue weighted by atomic mass is 10.1. The molecule has 0 unspecified atom stereocenters. The van der Waals surface area contributed by atoms with Gasteiger partial charge in [0, 0.05) is 24.2 Å². The van der Waals surface area contributed by atoms with E-state index < -0.39 is 15.9 Å². The van der Waals surface area contributed by atoms with Gasteiger partial charge in [-0.2, -0.15) is 4.31 Å². The van der Waals surface area contributed by atoms with Crippen LogP contribution in [0.25, 0.3) is 11.5 Å². The van der Waals surface area contributed by atoms with E-state index in [2.05, 4.69) is 15.5 Å². The molecule has 0 fully saturated rings. The van der Waals surface area contributed by atoms with Crippen molar-refractivity contribution in [2.75, 3.05) is 18.4 Å². The Hall–Kier alpha value is -3.04. The third-order valence-electron chi connectivity index (χ3n) is 4.96. The van der Waals surface area contributed by atoms with Gasteiger partial charge in [-0.25, -0.2) is 8.42 Å². The molecule has 0 bridgehead atoms. The highest BCUT2D eigenvalue weighted by Crippen LogP contribution is 2.24. The minimum Gasteiger partial charge on any atom is -0.403 e. The highest BCUT2D eigenvalue weighted by Gasteiger charge is 2.23. The monoisotopic (exact) mass is 456 g/mol. The van der Waals surface area contributed by atoms with Crippen molar-refractivity contribution in [1.82, 2.24) is 14.5 Å². The van der Waals surface area contributed by atoms with Crippen LogP contribution in [0.4, 0.5) is 6.01 Å². The fourth-order valence-electron chi connectivity index (χ4n) is 3.38. The molecule has 1 aromatic heterocycles. The van der Waals surface area contributed by atoms with Crippen molar-refractivity contribution in [1.29, 1.82) is 0 Å². The Labute approximate surface area is 188 Å². The summed E-state index contributed by atoms with van der Waals surface area (Å²) in [5, 5.41) is 10.5. The Morgan fingerprint density at radius 2 is 1.66 bits per heavy atom. The van der Waals surface area contributed by atoms with Gasteiger partial charge in [-0.3, -0.25) is 10.1 Å². The number of carbonyl (C=O) groups is 1. The Kier molecular flexibility index (Phi) is 7.42. The second-order valence-electron chi connectivity index (χ2n) is 7.61. The molecule has 0 saturated heterocycles. The lowest BCUT2D eigenvalue weighted by Crippen LogP contribution is -2.32. The summed E-state index contributed by atoms with van der Waals surface area (Å²) < 4.78 is 32.8. The first-order chi connectivity index (χ1) is 15.3. The van der Waals surface area contributed by atoms with Crippen LogP contribution in [0.5, 0.6) is 0 Å². The van der Waals surface area contributed by atoms with E-state index in [1.807, 2.05) is 45.9 Å². The van der Waals surface area contributed by atoms with E-state index in [-0.39, 0.29) is 16.5 Å². The summed E-state index contributed by atoms with van der Waals surface area (Å²) in [5.74, 6) is -0.157. The van der Waals surface area contributed by atoms with Crippen molar-refractivity contribution in [3.63, 3.8) is 0 Å². The van der Waals surface area contributed by atoms with Gasteiger partial charge < -0.3 is 4.42 Å². The second-order valence-corrected chi connectivity index (χ2v) is 9.55. The number of hydrogen-bond donors (Lipinski definition) is 1. The number of aryl methyl sites for hydroxylation is 2. The summed E-state index contributed by atoms with van der Waals surface area (Å²) in [6.45, 7) is 8.74. The third-order valence-corrected chi connectivity index (χ3v) is 6.87. The molecule has 3 rings (SSSR count). The quantitative estimate of drug-likeness (QED) is 0.511. The molecule has 0 atom stereocenters. The zero-order chi connectivity index (χ0) is 23.3. The summed E-state index contributed by atoms with van der Waals surface area (Å²) in [6.07, 6.45) is 1.46. The molecule has 1 amide bonds. The van der Waals surface area contributed by atoms with E-state index in [9.17, 15) is 13.2 Å². The molecule has 3 aromatic rings. The smallest absolute Gasteiger partial charge is 0.322 e. The highest BCUT2D eigenvalue weighted by molar-refractivity contribution is 7.89. The summed E-state index contributed by atoms with van der Waals surface area (Å²) >= 11 is 0. The standard InChI is InChI=1S/C23H28N4O4S/c1-5-13-27(14-6-2)32(29,30)19-10-8-18(9-11-19)21(28)24-23-26-25-22(31-23)20-12-7-16(3)15-17(20)4/h7-12,15H,5-6,13-14H2,1-4H3,(H,24,26,28). The summed E-state index contributed by atoms with van der Waals surface area (Å²) in [6, 6.07) is 11.6. The number of nitrogens with zero attached hydrogens (tertiary/aromatic N) is 3. The molecule has 0 radical (unpaired) electrons. The van der Waals surface area contributed by atoms with Crippen LogP contribution in [0.2, 0.25) is 0 Å². The first-order valence-electron chi connectivity index (χ1n) is 10.6. The Morgan fingerprint density at radius 3 is 2.25 bits per heavy atom. The average molecular weight is 457 g/mol. The van der Waals surface area contributed by atoms with Gasteiger partial charge in [0.2, 0.25) is 15.9 Å². The van der Waals surface area contributed by atoms with Crippen LogP contribution < -0.4 is 5.32 Å². The van der Waals surface area contributed by atoms with Crippen molar-refractivity contribution in [3.8, 4) is 11.5 Å². The topological polar surface area (TPSA) is 105 Å². The number of anilines is 1. The van der Waals surface area contributed by atoms with Crippen LogP contribution in [0.3, 0.4) is 0 Å². The van der Waals surface area contributed by atoms with Crippen LogP contribution in [0.1, 0.15) is 48.2 Å². The van der Waals surface area contributed by atoms with Crippen molar-refractivity contribution >= 4 is 21.9 Å². The zero-order valence-corrected chi connectivity index (χ0v) is 19.6. The van der Waals surface area contributed by atoms with Crippen molar-refractivity contribution in [2.45, 2.75) is 45.4 Å². The fraction of sp³-hybridized carbons (Fsp3) is 0.348. The van der Waals surface area contributed by atoms with Gasteiger partial charge in [-0.1, -0.05) is 36.6 Å². The van der Waals surface area contributed by atoms with Crippen LogP contribution >= 0.6 is 0 Å². The minimum atomic E-state index is -3.60. The number of amides is 1. The zero-order valence-electron chi connectivity index (χ0n) is 18.8. The van der Waals surface area contributed by atoms with E-state index in [1.54, 1.807) is 0 Å². The largest absolute Gasteiger partial charge is 0.403 e. The molecule has 1 heterocycles. The maximum Gasteiger partial charge on any atom is 0.322 e. The maximum atomic E-state index is 12.9. The fourth-order valence-corrected chi connectivity index (χ4v) is 5.01. The highest BCUT2D eigenvalue weighted by atomic mass is 32.2. The van der Waals surface area contributed by atoms with Gasteiger partial charge >= 0.3 is 6.01 Å². The molecule has 0 aliphatic carbocycles. The molecule has 32 heavy (non-hydrogen) atoms. The lowest BCUT2D eigenvalue weighted by Gasteiger charge is -2.21. The summed E-state index contributed by atoms with van der Waals surface area (Å²) in [7, 11) is -3.60. The molecule has 1 N–H and O–H groups in total. The van der Waals surface area contributed by atoms with E-state index in [1.165, 1.54) is 28.6 Å². The van der Waals surface area contributed by atoms with Gasteiger partial charge in [0.15, 0.2) is 0 Å². The van der Waals surface area contributed by atoms with E-state index >= 15 is 0 Å². The molecule has 8 nitrogen and oxygen atoms in total. The number of aromatic nitrogens is 2. The Morgan fingerprint density at radius 1 is 1.00 bits per heavy atom. The van der Waals surface area contributed by atoms with Gasteiger partial charge in [-0.05, 0) is 62.6 Å². The van der Waals surface area contributed by atoms with Crippen LogP contribution in [0, 0.1) is 13.8 Å². The van der Waals surface area contributed by atoms with Crippen molar-refractivity contribution < 1.29 is 17.6 Å². The molecular weight excluding hydrogens is 428 g/mol. The first kappa shape index (κ1) is 23.6. The number of hydrogen-bond acceptors (Lipinski definition) is 6. The second kappa shape index (κ2) is 10.1. The summed E-state index contributed by atoms with van der Waals surface area (Å²) in [4.78, 5) is 12.7. The maximum absolute atomic E-state index is 12.9. The molecule has 0 aliphatic rings. The first-order valence-corrected chi connectivity index (χ1v) is 12.0. The minimum absolute atomic E-state index is 0.0289. The molecular formula is C23H28N4O4S.